The molecule has 0 aromatic heterocycles. The molecule has 6 heteroatoms. The molecular formula is C2H4F3O2Pd. The van der Waals surface area contributed by atoms with E-state index in [0.717, 1.165) is 6.92 Å². The Morgan fingerprint density at radius 3 is 1.50 bits per heavy atom. The molecule has 0 saturated carbocycles. The van der Waals surface area contributed by atoms with Gasteiger partial charge in [0, 0.05) is 6.92 Å². The minimum atomic E-state index is -4.48. The van der Waals surface area contributed by atoms with Crippen LogP contribution in [0, 0.1) is 0 Å². The normalized spacial score (nSPS) is 8.75. The first-order valence-electron chi connectivity index (χ1n) is 1.29. The Hall–Kier alpha value is -0.0777. The molecular weight excluding hydrogens is 219 g/mol. The molecule has 0 atom stereocenters. The van der Waals surface area contributed by atoms with Crippen molar-refractivity contribution in [3.05, 3.63) is 0 Å². The molecule has 0 heterocycles. The average molecular weight is 223 g/mol. The summed E-state index contributed by atoms with van der Waals surface area (Å²) in [4.78, 5) is 9.00. The van der Waals surface area contributed by atoms with Crippen LogP contribution in [0.2, 0.25) is 0 Å². The number of halogens is 3. The van der Waals surface area contributed by atoms with Gasteiger partial charge in [-0.1, -0.05) is 0 Å². The van der Waals surface area contributed by atoms with Crippen LogP contribution in [0.15, 0.2) is 0 Å². The van der Waals surface area contributed by atoms with Crippen LogP contribution in [-0.2, 0) is 23.1 Å². The second-order valence-corrected chi connectivity index (χ2v) is 1.32. The molecule has 0 spiro atoms. The fourth-order valence-corrected chi connectivity index (χ4v) is 0. The van der Waals surface area contributed by atoms with Gasteiger partial charge in [0.2, 0.25) is 0 Å². The topological polar surface area (TPSA) is 37.3 Å². The van der Waals surface area contributed by atoms with Gasteiger partial charge < -0.3 is 5.11 Å². The van der Waals surface area contributed by atoms with Gasteiger partial charge in [-0.15, -0.1) is 0 Å². The van der Waals surface area contributed by atoms with Crippen molar-refractivity contribution in [1.29, 1.82) is 0 Å². The van der Waals surface area contributed by atoms with Gasteiger partial charge in [-0.3, -0.25) is 4.79 Å². The maximum atomic E-state index is 9.78. The first-order valence-corrected chi connectivity index (χ1v) is 3.05. The second-order valence-electron chi connectivity index (χ2n) is 0.655. The van der Waals surface area contributed by atoms with Gasteiger partial charge in [0.25, 0.3) is 5.97 Å². The molecule has 0 aromatic rings. The quantitative estimate of drug-likeness (QED) is 0.630. The van der Waals surface area contributed by atoms with Gasteiger partial charge >= 0.3 is 28.0 Å². The molecule has 55 valence electrons. The zero-order valence-electron chi connectivity index (χ0n) is 3.81. The van der Waals surface area contributed by atoms with Crippen LogP contribution in [0.4, 0.5) is 9.67 Å². The number of hydrogen-bond donors (Lipinski definition) is 1. The minimum absolute atomic E-state index is 0.833. The van der Waals surface area contributed by atoms with Crippen molar-refractivity contribution in [1.82, 2.24) is 0 Å². The van der Waals surface area contributed by atoms with Crippen molar-refractivity contribution >= 4 is 5.97 Å². The van der Waals surface area contributed by atoms with E-state index in [1.54, 1.807) is 0 Å². The first-order chi connectivity index (χ1) is 3.46. The number of rotatable bonds is 0. The zero-order chi connectivity index (χ0) is 7.15. The van der Waals surface area contributed by atoms with E-state index in [-0.39, 0.29) is 0 Å². The molecule has 0 fully saturated rings. The summed E-state index contributed by atoms with van der Waals surface area (Å²) in [6.07, 6.45) is 0. The molecule has 0 bridgehead atoms. The summed E-state index contributed by atoms with van der Waals surface area (Å²) in [7, 11) is 0. The molecule has 0 saturated heterocycles. The Labute approximate surface area is 51.5 Å². The summed E-state index contributed by atoms with van der Waals surface area (Å²) < 4.78 is 29.4. The number of aliphatic carboxylic acids is 1. The average Bonchev–Trinajstić information content (AvgIpc) is 1.25. The van der Waals surface area contributed by atoms with Gasteiger partial charge in [0.1, 0.15) is 0 Å². The SMILES string of the molecule is CC(=O)O.[F][Pd]([F])[F]. The van der Waals surface area contributed by atoms with E-state index in [0.29, 0.717) is 0 Å². The maximum absolute atomic E-state index is 9.78. The monoisotopic (exact) mass is 223 g/mol. The molecule has 1 N–H and O–H groups in total. The van der Waals surface area contributed by atoms with E-state index < -0.39 is 24.3 Å². The van der Waals surface area contributed by atoms with Crippen LogP contribution < -0.4 is 0 Å². The molecule has 0 unspecified atom stereocenters. The Kier molecular flexibility index (Phi) is 9.37. The van der Waals surface area contributed by atoms with E-state index >= 15 is 0 Å². The molecule has 2 nitrogen and oxygen atoms in total. The van der Waals surface area contributed by atoms with E-state index in [2.05, 4.69) is 0 Å². The summed E-state index contributed by atoms with van der Waals surface area (Å²) in [5, 5.41) is 7.42. The summed E-state index contributed by atoms with van der Waals surface area (Å²) >= 11 is -4.48. The third kappa shape index (κ3) is 23800. The fourth-order valence-electron chi connectivity index (χ4n) is 0. The Balaban J connectivity index is 0. The van der Waals surface area contributed by atoms with Crippen LogP contribution in [0.5, 0.6) is 0 Å². The van der Waals surface area contributed by atoms with E-state index in [1.807, 2.05) is 0 Å². The van der Waals surface area contributed by atoms with Gasteiger partial charge in [0.15, 0.2) is 0 Å². The molecule has 0 aliphatic rings. The first kappa shape index (κ1) is 10.8. The second kappa shape index (κ2) is 6.92. The number of carbonyl (C=O) groups is 1. The molecule has 0 aromatic carbocycles. The van der Waals surface area contributed by atoms with Crippen LogP contribution in [0.3, 0.4) is 0 Å². The Morgan fingerprint density at radius 2 is 1.50 bits per heavy atom. The number of hydrogen-bond acceptors (Lipinski definition) is 1. The van der Waals surface area contributed by atoms with Gasteiger partial charge in [0.05, 0.1) is 0 Å². The van der Waals surface area contributed by atoms with E-state index in [9.17, 15) is 9.67 Å². The third-order valence-electron chi connectivity index (χ3n) is 0. The van der Waals surface area contributed by atoms with E-state index in [4.69, 9.17) is 9.90 Å². The standard InChI is InChI=1S/C2H4O2.3FH.Pd/c1-2(3)4;;;;/h1H3,(H,3,4);3*1H;/q;;;;+3/p-3. The van der Waals surface area contributed by atoms with Crippen LogP contribution in [-0.4, -0.2) is 11.1 Å². The van der Waals surface area contributed by atoms with Gasteiger partial charge in [-0.25, -0.2) is 0 Å². The molecule has 0 rings (SSSR count). The molecule has 8 heavy (non-hydrogen) atoms. The van der Waals surface area contributed by atoms with Crippen LogP contribution in [0.1, 0.15) is 6.92 Å². The van der Waals surface area contributed by atoms with Crippen LogP contribution in [0.25, 0.3) is 0 Å². The molecule has 0 amide bonds. The van der Waals surface area contributed by atoms with Crippen LogP contribution >= 0.6 is 0 Å². The molecule has 0 aliphatic carbocycles. The van der Waals surface area contributed by atoms with Gasteiger partial charge in [-0.2, -0.15) is 0 Å². The van der Waals surface area contributed by atoms with Crippen molar-refractivity contribution in [2.45, 2.75) is 6.92 Å². The van der Waals surface area contributed by atoms with Crippen molar-refractivity contribution in [2.75, 3.05) is 0 Å². The van der Waals surface area contributed by atoms with E-state index in [1.165, 1.54) is 0 Å². The Morgan fingerprint density at radius 1 is 1.50 bits per heavy atom. The van der Waals surface area contributed by atoms with Crippen molar-refractivity contribution in [3.8, 4) is 0 Å². The van der Waals surface area contributed by atoms with Crippen molar-refractivity contribution < 1.29 is 37.9 Å². The zero-order valence-corrected chi connectivity index (χ0v) is 5.36. The predicted octanol–water partition coefficient (Wildman–Crippen LogP) is 1.35. The Bertz CT molecular complexity index is 59.5. The fraction of sp³-hybridized carbons (Fsp3) is 0.500. The number of carboxylic acids is 1. The third-order valence-corrected chi connectivity index (χ3v) is 0. The number of carboxylic acid groups (broad SMARTS) is 1. The van der Waals surface area contributed by atoms with Crippen molar-refractivity contribution in [3.63, 3.8) is 0 Å². The summed E-state index contributed by atoms with van der Waals surface area (Å²) in [6, 6.07) is 0. The summed E-state index contributed by atoms with van der Waals surface area (Å²) in [5.74, 6) is -0.833. The predicted molar refractivity (Wildman–Crippen MR) is 16.6 cm³/mol. The molecule has 0 radical (unpaired) electrons. The molecule has 0 aliphatic heterocycles. The summed E-state index contributed by atoms with van der Waals surface area (Å²) in [5.41, 5.74) is 0. The summed E-state index contributed by atoms with van der Waals surface area (Å²) in [6.45, 7) is 1.08. The van der Waals surface area contributed by atoms with Gasteiger partial charge in [-0.05, 0) is 0 Å². The van der Waals surface area contributed by atoms with Crippen molar-refractivity contribution in [2.24, 2.45) is 0 Å².